The van der Waals surface area contributed by atoms with E-state index in [9.17, 15) is 4.79 Å². The molecule has 202 valence electrons. The van der Waals surface area contributed by atoms with Gasteiger partial charge in [-0.25, -0.2) is 4.98 Å². The van der Waals surface area contributed by atoms with E-state index in [0.29, 0.717) is 42.0 Å². The molecule has 2 heterocycles. The molecule has 1 amide bonds. The van der Waals surface area contributed by atoms with E-state index in [2.05, 4.69) is 44.8 Å². The summed E-state index contributed by atoms with van der Waals surface area (Å²) in [6, 6.07) is 19.9. The Kier molecular flexibility index (Phi) is 7.96. The molecule has 0 spiro atoms. The fourth-order valence-corrected chi connectivity index (χ4v) is 5.04. The van der Waals surface area contributed by atoms with E-state index in [-0.39, 0.29) is 11.8 Å². The van der Waals surface area contributed by atoms with Crippen molar-refractivity contribution in [3.05, 3.63) is 72.4 Å². The summed E-state index contributed by atoms with van der Waals surface area (Å²) in [6.45, 7) is 1.93. The molecule has 1 saturated heterocycles. The van der Waals surface area contributed by atoms with Gasteiger partial charge in [0, 0.05) is 43.7 Å². The van der Waals surface area contributed by atoms with E-state index in [0.717, 1.165) is 30.8 Å². The maximum atomic E-state index is 13.1. The Morgan fingerprint density at radius 1 is 1.00 bits per heavy atom. The number of anilines is 3. The number of benzene rings is 3. The van der Waals surface area contributed by atoms with Gasteiger partial charge in [0.05, 0.1) is 27.2 Å². The summed E-state index contributed by atoms with van der Waals surface area (Å²) in [5.41, 5.74) is 1.82. The van der Waals surface area contributed by atoms with Crippen LogP contribution in [0.5, 0.6) is 17.2 Å². The first-order valence-electron chi connectivity index (χ1n) is 13.0. The molecule has 0 saturated carbocycles. The summed E-state index contributed by atoms with van der Waals surface area (Å²) in [5.74, 6) is 2.73. The van der Waals surface area contributed by atoms with Crippen LogP contribution in [0.4, 0.5) is 17.5 Å². The van der Waals surface area contributed by atoms with Gasteiger partial charge in [0.25, 0.3) is 0 Å². The van der Waals surface area contributed by atoms with Gasteiger partial charge in [-0.05, 0) is 35.2 Å². The normalized spacial score (nSPS) is 15.1. The highest BCUT2D eigenvalue weighted by Crippen LogP contribution is 2.40. The Morgan fingerprint density at radius 2 is 1.77 bits per heavy atom. The zero-order chi connectivity index (χ0) is 27.2. The Hall–Kier alpha value is -4.53. The summed E-state index contributed by atoms with van der Waals surface area (Å²) in [7, 11) is 4.71. The van der Waals surface area contributed by atoms with E-state index in [1.807, 2.05) is 24.3 Å². The van der Waals surface area contributed by atoms with Gasteiger partial charge in [0.2, 0.25) is 17.6 Å². The van der Waals surface area contributed by atoms with Crippen molar-refractivity contribution in [1.82, 2.24) is 15.3 Å². The molecule has 0 radical (unpaired) electrons. The van der Waals surface area contributed by atoms with Crippen molar-refractivity contribution in [1.29, 1.82) is 0 Å². The SMILES string of the molecule is COc1cc(Nc2nccc(N3CCCC(C(=O)NCc4cccc5ccccc45)C3)n2)cc(OC)c1OC. The highest BCUT2D eigenvalue weighted by molar-refractivity contribution is 5.86. The van der Waals surface area contributed by atoms with Crippen molar-refractivity contribution >= 4 is 34.1 Å². The quantitative estimate of drug-likeness (QED) is 0.316. The molecule has 0 aliphatic carbocycles. The van der Waals surface area contributed by atoms with E-state index < -0.39 is 0 Å². The zero-order valence-corrected chi connectivity index (χ0v) is 22.4. The molecular formula is C30H33N5O4. The molecule has 1 aliphatic rings. The number of ether oxygens (including phenoxy) is 3. The monoisotopic (exact) mass is 527 g/mol. The summed E-state index contributed by atoms with van der Waals surface area (Å²) in [5, 5.41) is 8.73. The number of piperidine rings is 1. The average molecular weight is 528 g/mol. The number of fused-ring (bicyclic) bond motifs is 1. The second-order valence-corrected chi connectivity index (χ2v) is 9.42. The standard InChI is InChI=1S/C30H33N5O4/c1-37-25-16-23(17-26(38-2)28(25)39-3)33-30-31-14-13-27(34-30)35-15-7-11-22(19-35)29(36)32-18-21-10-6-9-20-8-4-5-12-24(20)21/h4-6,8-10,12-14,16-17,22H,7,11,15,18-19H2,1-3H3,(H,32,36)(H,31,33,34). The van der Waals surface area contributed by atoms with Crippen LogP contribution >= 0.6 is 0 Å². The molecule has 1 aromatic heterocycles. The predicted octanol–water partition coefficient (Wildman–Crippen LogP) is 4.93. The lowest BCUT2D eigenvalue weighted by molar-refractivity contribution is -0.125. The Bertz CT molecular complexity index is 1430. The third-order valence-corrected chi connectivity index (χ3v) is 7.01. The van der Waals surface area contributed by atoms with Crippen molar-refractivity contribution in [3.8, 4) is 17.2 Å². The number of nitrogens with zero attached hydrogens (tertiary/aromatic N) is 3. The van der Waals surface area contributed by atoms with Gasteiger partial charge in [0.1, 0.15) is 5.82 Å². The van der Waals surface area contributed by atoms with Crippen molar-refractivity contribution < 1.29 is 19.0 Å². The van der Waals surface area contributed by atoms with Gasteiger partial charge < -0.3 is 29.7 Å². The Labute approximate surface area is 228 Å². The van der Waals surface area contributed by atoms with Gasteiger partial charge in [-0.1, -0.05) is 42.5 Å². The highest BCUT2D eigenvalue weighted by atomic mass is 16.5. The van der Waals surface area contributed by atoms with Crippen LogP contribution < -0.4 is 29.7 Å². The van der Waals surface area contributed by atoms with Gasteiger partial charge in [-0.15, -0.1) is 0 Å². The van der Waals surface area contributed by atoms with Gasteiger partial charge in [-0.3, -0.25) is 4.79 Å². The van der Waals surface area contributed by atoms with E-state index in [1.54, 1.807) is 39.7 Å². The van der Waals surface area contributed by atoms with Crippen LogP contribution in [-0.4, -0.2) is 50.3 Å². The number of aromatic nitrogens is 2. The minimum atomic E-state index is -0.116. The molecule has 1 atom stereocenters. The van der Waals surface area contributed by atoms with E-state index in [4.69, 9.17) is 19.2 Å². The number of nitrogens with one attached hydrogen (secondary N) is 2. The first-order chi connectivity index (χ1) is 19.1. The topological polar surface area (TPSA) is 97.8 Å². The summed E-state index contributed by atoms with van der Waals surface area (Å²) >= 11 is 0. The van der Waals surface area contributed by atoms with Crippen LogP contribution in [0.3, 0.4) is 0 Å². The van der Waals surface area contributed by atoms with Crippen molar-refractivity contribution in [2.45, 2.75) is 19.4 Å². The molecule has 4 aromatic rings. The van der Waals surface area contributed by atoms with Crippen LogP contribution in [0.25, 0.3) is 10.8 Å². The summed E-state index contributed by atoms with van der Waals surface area (Å²) < 4.78 is 16.3. The molecular weight excluding hydrogens is 494 g/mol. The Balaban J connectivity index is 1.25. The predicted molar refractivity (Wildman–Crippen MR) is 152 cm³/mol. The molecule has 9 nitrogen and oxygen atoms in total. The average Bonchev–Trinajstić information content (AvgIpc) is 2.99. The Morgan fingerprint density at radius 3 is 2.54 bits per heavy atom. The molecule has 1 fully saturated rings. The molecule has 3 aromatic carbocycles. The maximum Gasteiger partial charge on any atom is 0.229 e. The molecule has 1 aliphatic heterocycles. The largest absolute Gasteiger partial charge is 0.493 e. The number of rotatable bonds is 9. The highest BCUT2D eigenvalue weighted by Gasteiger charge is 2.27. The molecule has 2 N–H and O–H groups in total. The van der Waals surface area contributed by atoms with Crippen LogP contribution in [0.2, 0.25) is 0 Å². The third kappa shape index (κ3) is 5.82. The minimum absolute atomic E-state index is 0.0671. The van der Waals surface area contributed by atoms with Crippen molar-refractivity contribution in [2.75, 3.05) is 44.6 Å². The first-order valence-corrected chi connectivity index (χ1v) is 13.0. The third-order valence-electron chi connectivity index (χ3n) is 7.01. The summed E-state index contributed by atoms with van der Waals surface area (Å²) in [4.78, 5) is 24.4. The van der Waals surface area contributed by atoms with Gasteiger partial charge in [-0.2, -0.15) is 4.98 Å². The number of hydrogen-bond acceptors (Lipinski definition) is 8. The smallest absolute Gasteiger partial charge is 0.229 e. The number of methoxy groups -OCH3 is 3. The van der Waals surface area contributed by atoms with Crippen LogP contribution in [0, 0.1) is 5.92 Å². The van der Waals surface area contributed by atoms with E-state index >= 15 is 0 Å². The molecule has 39 heavy (non-hydrogen) atoms. The molecule has 5 rings (SSSR count). The fourth-order valence-electron chi connectivity index (χ4n) is 5.04. The van der Waals surface area contributed by atoms with Crippen LogP contribution in [0.15, 0.2) is 66.9 Å². The molecule has 1 unspecified atom stereocenters. The molecule has 9 heteroatoms. The lowest BCUT2D eigenvalue weighted by Crippen LogP contribution is -2.43. The number of carbonyl (C=O) groups excluding carboxylic acids is 1. The number of amides is 1. The van der Waals surface area contributed by atoms with Gasteiger partial charge >= 0.3 is 0 Å². The van der Waals surface area contributed by atoms with E-state index in [1.165, 1.54) is 10.8 Å². The van der Waals surface area contributed by atoms with Crippen LogP contribution in [0.1, 0.15) is 18.4 Å². The fraction of sp³-hybridized carbons (Fsp3) is 0.300. The zero-order valence-electron chi connectivity index (χ0n) is 22.4. The molecule has 0 bridgehead atoms. The summed E-state index contributed by atoms with van der Waals surface area (Å²) in [6.07, 6.45) is 3.47. The first kappa shape index (κ1) is 26.1. The number of hydrogen-bond donors (Lipinski definition) is 2. The van der Waals surface area contributed by atoms with Gasteiger partial charge in [0.15, 0.2) is 11.5 Å². The lowest BCUT2D eigenvalue weighted by atomic mass is 9.97. The second kappa shape index (κ2) is 11.9. The van der Waals surface area contributed by atoms with Crippen molar-refractivity contribution in [3.63, 3.8) is 0 Å². The lowest BCUT2D eigenvalue weighted by Gasteiger charge is -2.33. The number of carbonyl (C=O) groups is 1. The maximum absolute atomic E-state index is 13.1. The van der Waals surface area contributed by atoms with Crippen LogP contribution in [-0.2, 0) is 11.3 Å². The minimum Gasteiger partial charge on any atom is -0.493 e. The second-order valence-electron chi connectivity index (χ2n) is 9.42. The van der Waals surface area contributed by atoms with Crippen molar-refractivity contribution in [2.24, 2.45) is 5.92 Å².